The Morgan fingerprint density at radius 1 is 1.25 bits per heavy atom. The molecule has 3 saturated carbocycles. The van der Waals surface area contributed by atoms with E-state index in [2.05, 4.69) is 46.1 Å². The van der Waals surface area contributed by atoms with Gasteiger partial charge in [-0.3, -0.25) is 0 Å². The Balaban J connectivity index is 1.70. The molecule has 0 saturated heterocycles. The van der Waals surface area contributed by atoms with Gasteiger partial charge in [-0.25, -0.2) is 0 Å². The van der Waals surface area contributed by atoms with Crippen LogP contribution in [-0.4, -0.2) is 0 Å². The molecule has 3 aliphatic carbocycles. The van der Waals surface area contributed by atoms with Gasteiger partial charge in [0.1, 0.15) is 0 Å². The van der Waals surface area contributed by atoms with Crippen molar-refractivity contribution in [3.63, 3.8) is 0 Å². The first-order valence-electron chi connectivity index (χ1n) is 11.7. The zero-order valence-corrected chi connectivity index (χ0v) is 19.3. The Kier molecular flexibility index (Phi) is 7.35. The minimum absolute atomic E-state index is 0.497. The molecule has 0 aromatic heterocycles. The quantitative estimate of drug-likeness (QED) is 0.417. The smallest absolute Gasteiger partial charge is 0.0109 e. The number of fused-ring (bicyclic) bond motifs is 1. The van der Waals surface area contributed by atoms with E-state index in [-0.39, 0.29) is 0 Å². The van der Waals surface area contributed by atoms with Crippen LogP contribution in [0.5, 0.6) is 0 Å². The van der Waals surface area contributed by atoms with E-state index in [1.807, 2.05) is 0 Å². The van der Waals surface area contributed by atoms with Gasteiger partial charge in [0.05, 0.1) is 0 Å². The summed E-state index contributed by atoms with van der Waals surface area (Å²) in [5.74, 6) is 3.26. The predicted molar refractivity (Wildman–Crippen MR) is 125 cm³/mol. The zero-order valence-electron chi connectivity index (χ0n) is 18.5. The SMILES string of the molecule is C=C(Cl)CCC[C@@H](C)C1CCC2/C(=C/C=C3/CC(C)CCC3=C)CCCC21C. The standard InChI is InChI=1S/C27H41Cl/c1-19-11-12-20(2)24(18-19)14-13-23-10-7-17-27(5)25(15-16-26(23)27)21(3)8-6-9-22(4)28/h13-14,19,21,25-26H,2,4,6-12,15-18H2,1,3,5H3/b23-13+,24-14-/t19?,21-,25?,26?,27?/m1/s1. The molecule has 3 rings (SSSR count). The van der Waals surface area contributed by atoms with Crippen molar-refractivity contribution < 1.29 is 0 Å². The molecule has 0 nitrogen and oxygen atoms in total. The lowest BCUT2D eigenvalue weighted by atomic mass is 9.60. The summed E-state index contributed by atoms with van der Waals surface area (Å²) in [6, 6.07) is 0. The summed E-state index contributed by atoms with van der Waals surface area (Å²) in [5, 5.41) is 0.817. The van der Waals surface area contributed by atoms with Crippen molar-refractivity contribution in [2.45, 2.75) is 91.4 Å². The fraction of sp³-hybridized carbons (Fsp3) is 0.704. The molecule has 5 atom stereocenters. The van der Waals surface area contributed by atoms with Crippen LogP contribution in [0.3, 0.4) is 0 Å². The summed E-state index contributed by atoms with van der Waals surface area (Å²) in [5.41, 5.74) is 5.13. The third-order valence-electron chi connectivity index (χ3n) is 8.29. The van der Waals surface area contributed by atoms with E-state index in [1.165, 1.54) is 75.4 Å². The monoisotopic (exact) mass is 400 g/mol. The average Bonchev–Trinajstić information content (AvgIpc) is 2.99. The van der Waals surface area contributed by atoms with Crippen LogP contribution in [0.25, 0.3) is 0 Å². The highest BCUT2D eigenvalue weighted by atomic mass is 35.5. The molecule has 0 amide bonds. The number of allylic oxidation sites excluding steroid dienone is 6. The van der Waals surface area contributed by atoms with Gasteiger partial charge in [-0.2, -0.15) is 0 Å². The summed E-state index contributed by atoms with van der Waals surface area (Å²) >= 11 is 5.98. The minimum Gasteiger partial charge on any atom is -0.0956 e. The van der Waals surface area contributed by atoms with Crippen molar-refractivity contribution in [3.8, 4) is 0 Å². The summed E-state index contributed by atoms with van der Waals surface area (Å²) in [4.78, 5) is 0. The molecule has 0 radical (unpaired) electrons. The number of hydrogen-bond acceptors (Lipinski definition) is 0. The van der Waals surface area contributed by atoms with Crippen molar-refractivity contribution >= 4 is 11.6 Å². The first-order valence-corrected chi connectivity index (χ1v) is 12.1. The molecule has 0 aromatic carbocycles. The van der Waals surface area contributed by atoms with Crippen LogP contribution in [-0.2, 0) is 0 Å². The summed E-state index contributed by atoms with van der Waals surface area (Å²) in [7, 11) is 0. The average molecular weight is 401 g/mol. The Labute approximate surface area is 179 Å². The Bertz CT molecular complexity index is 651. The third-order valence-corrected chi connectivity index (χ3v) is 8.48. The van der Waals surface area contributed by atoms with Crippen LogP contribution in [0.2, 0.25) is 0 Å². The van der Waals surface area contributed by atoms with Crippen molar-refractivity contribution in [2.24, 2.45) is 29.1 Å². The maximum absolute atomic E-state index is 5.98. The fourth-order valence-corrected chi connectivity index (χ4v) is 6.76. The molecule has 0 aromatic rings. The lowest BCUT2D eigenvalue weighted by Crippen LogP contribution is -2.36. The number of rotatable bonds is 6. The normalized spacial score (nSPS) is 37.3. The highest BCUT2D eigenvalue weighted by Crippen LogP contribution is 2.60. The van der Waals surface area contributed by atoms with E-state index in [0.717, 1.165) is 35.1 Å². The summed E-state index contributed by atoms with van der Waals surface area (Å²) in [6.45, 7) is 15.7. The molecule has 0 N–H and O–H groups in total. The van der Waals surface area contributed by atoms with Crippen molar-refractivity contribution in [1.82, 2.24) is 0 Å². The van der Waals surface area contributed by atoms with E-state index in [0.29, 0.717) is 5.41 Å². The lowest BCUT2D eigenvalue weighted by Gasteiger charge is -2.44. The van der Waals surface area contributed by atoms with Gasteiger partial charge in [-0.1, -0.05) is 75.2 Å². The molecule has 0 aliphatic heterocycles. The molecule has 0 bridgehead atoms. The van der Waals surface area contributed by atoms with Crippen LogP contribution in [0.4, 0.5) is 0 Å². The van der Waals surface area contributed by atoms with Crippen LogP contribution >= 0.6 is 11.6 Å². The van der Waals surface area contributed by atoms with Gasteiger partial charge in [0, 0.05) is 5.03 Å². The maximum atomic E-state index is 5.98. The van der Waals surface area contributed by atoms with Crippen molar-refractivity contribution in [2.75, 3.05) is 0 Å². The van der Waals surface area contributed by atoms with Gasteiger partial charge in [0.2, 0.25) is 0 Å². The second-order valence-corrected chi connectivity index (χ2v) is 10.9. The molecule has 4 unspecified atom stereocenters. The highest BCUT2D eigenvalue weighted by Gasteiger charge is 2.50. The number of hydrogen-bond donors (Lipinski definition) is 0. The molecule has 156 valence electrons. The summed E-state index contributed by atoms with van der Waals surface area (Å²) < 4.78 is 0. The van der Waals surface area contributed by atoms with Gasteiger partial charge in [-0.15, -0.1) is 0 Å². The molecular formula is C27H41Cl. The molecular weight excluding hydrogens is 360 g/mol. The maximum Gasteiger partial charge on any atom is 0.0109 e. The van der Waals surface area contributed by atoms with E-state index in [9.17, 15) is 0 Å². The van der Waals surface area contributed by atoms with Crippen LogP contribution in [0.15, 0.2) is 47.1 Å². The topological polar surface area (TPSA) is 0 Å². The van der Waals surface area contributed by atoms with Gasteiger partial charge < -0.3 is 0 Å². The molecule has 0 heterocycles. The van der Waals surface area contributed by atoms with Crippen molar-refractivity contribution in [1.29, 1.82) is 0 Å². The highest BCUT2D eigenvalue weighted by molar-refractivity contribution is 6.29. The Morgan fingerprint density at radius 3 is 2.79 bits per heavy atom. The van der Waals surface area contributed by atoms with Gasteiger partial charge in [-0.05, 0) is 98.9 Å². The van der Waals surface area contributed by atoms with E-state index < -0.39 is 0 Å². The van der Waals surface area contributed by atoms with Crippen LogP contribution in [0, 0.1) is 29.1 Å². The first kappa shape index (κ1) is 21.9. The Hall–Kier alpha value is -0.750. The third kappa shape index (κ3) is 4.86. The fourth-order valence-electron chi connectivity index (χ4n) is 6.63. The second-order valence-electron chi connectivity index (χ2n) is 10.4. The van der Waals surface area contributed by atoms with Crippen LogP contribution in [0.1, 0.15) is 91.4 Å². The summed E-state index contributed by atoms with van der Waals surface area (Å²) in [6.07, 6.45) is 19.0. The molecule has 3 fully saturated rings. The molecule has 28 heavy (non-hydrogen) atoms. The van der Waals surface area contributed by atoms with Gasteiger partial charge in [0.25, 0.3) is 0 Å². The van der Waals surface area contributed by atoms with E-state index in [1.54, 1.807) is 5.57 Å². The molecule has 3 aliphatic rings. The molecule has 0 spiro atoms. The van der Waals surface area contributed by atoms with Crippen molar-refractivity contribution in [3.05, 3.63) is 47.1 Å². The minimum atomic E-state index is 0.497. The molecule has 1 heteroatoms. The number of halogens is 1. The van der Waals surface area contributed by atoms with Gasteiger partial charge >= 0.3 is 0 Å². The van der Waals surface area contributed by atoms with E-state index >= 15 is 0 Å². The van der Waals surface area contributed by atoms with Crippen LogP contribution < -0.4 is 0 Å². The predicted octanol–water partition coefficient (Wildman–Crippen LogP) is 8.99. The lowest BCUT2D eigenvalue weighted by molar-refractivity contribution is 0.0936. The Morgan fingerprint density at radius 2 is 2.04 bits per heavy atom. The zero-order chi connectivity index (χ0) is 20.3. The largest absolute Gasteiger partial charge is 0.0956 e. The van der Waals surface area contributed by atoms with E-state index in [4.69, 9.17) is 11.6 Å². The second kappa shape index (κ2) is 9.38. The first-order chi connectivity index (χ1) is 13.3. The van der Waals surface area contributed by atoms with Gasteiger partial charge in [0.15, 0.2) is 0 Å².